The van der Waals surface area contributed by atoms with Crippen LogP contribution in [-0.2, 0) is 9.53 Å². The first kappa shape index (κ1) is 18.3. The first-order valence-electron chi connectivity index (χ1n) is 6.90. The fraction of sp³-hybridized carbons (Fsp3) is 0.429. The molecule has 0 saturated carbocycles. The van der Waals surface area contributed by atoms with Gasteiger partial charge in [-0.2, -0.15) is 13.2 Å². The van der Waals surface area contributed by atoms with E-state index in [1.54, 1.807) is 0 Å². The van der Waals surface area contributed by atoms with Gasteiger partial charge < -0.3 is 20.5 Å². The van der Waals surface area contributed by atoms with E-state index in [0.29, 0.717) is 0 Å². The standard InChI is InChI=1S/C14H14ClF3N2O4/c1-2-24-11(21)9-10(7-4-3-5-8(15)6-7)19-12(22)20-13(9,23)14(16,17)18/h3-6,9-10,23H,2H2,1H3,(H2,19,20,22)/t9-,10+,13-/m0/s1. The van der Waals surface area contributed by atoms with Crippen LogP contribution in [-0.4, -0.2) is 35.6 Å². The van der Waals surface area contributed by atoms with Crippen molar-refractivity contribution in [2.75, 3.05) is 6.61 Å². The normalized spacial score (nSPS) is 27.2. The molecule has 3 N–H and O–H groups in total. The maximum Gasteiger partial charge on any atom is 0.437 e. The molecule has 0 unspecified atom stereocenters. The molecule has 1 aliphatic heterocycles. The molecule has 2 amide bonds. The highest BCUT2D eigenvalue weighted by Crippen LogP contribution is 2.43. The molecule has 132 valence electrons. The third-order valence-corrected chi connectivity index (χ3v) is 3.79. The highest BCUT2D eigenvalue weighted by Gasteiger charge is 2.67. The smallest absolute Gasteiger partial charge is 0.437 e. The number of alkyl halides is 3. The van der Waals surface area contributed by atoms with E-state index in [1.807, 2.05) is 0 Å². The van der Waals surface area contributed by atoms with Gasteiger partial charge in [0.2, 0.25) is 0 Å². The van der Waals surface area contributed by atoms with E-state index >= 15 is 0 Å². The largest absolute Gasteiger partial charge is 0.466 e. The summed E-state index contributed by atoms with van der Waals surface area (Å²) in [4.78, 5) is 23.8. The number of ether oxygens (including phenoxy) is 1. The Kier molecular flexibility index (Phi) is 4.95. The first-order valence-corrected chi connectivity index (χ1v) is 7.28. The number of hydrogen-bond acceptors (Lipinski definition) is 4. The van der Waals surface area contributed by atoms with E-state index < -0.39 is 35.9 Å². The Morgan fingerprint density at radius 3 is 2.67 bits per heavy atom. The van der Waals surface area contributed by atoms with Gasteiger partial charge in [0.05, 0.1) is 12.6 Å². The van der Waals surface area contributed by atoms with Gasteiger partial charge in [-0.15, -0.1) is 0 Å². The molecule has 6 nitrogen and oxygen atoms in total. The monoisotopic (exact) mass is 366 g/mol. The molecule has 0 aliphatic carbocycles. The number of benzene rings is 1. The third kappa shape index (κ3) is 3.27. The van der Waals surface area contributed by atoms with Gasteiger partial charge in [-0.25, -0.2) is 4.79 Å². The van der Waals surface area contributed by atoms with Crippen LogP contribution in [0.3, 0.4) is 0 Å². The average Bonchev–Trinajstić information content (AvgIpc) is 2.45. The zero-order valence-electron chi connectivity index (χ0n) is 12.4. The van der Waals surface area contributed by atoms with E-state index in [9.17, 15) is 27.9 Å². The molecular weight excluding hydrogens is 353 g/mol. The van der Waals surface area contributed by atoms with E-state index in [0.717, 1.165) is 0 Å². The number of hydrogen-bond donors (Lipinski definition) is 3. The molecule has 0 spiro atoms. The van der Waals surface area contributed by atoms with Crippen LogP contribution in [0.5, 0.6) is 0 Å². The molecule has 1 aliphatic rings. The number of halogens is 4. The van der Waals surface area contributed by atoms with Crippen LogP contribution in [0.1, 0.15) is 18.5 Å². The molecule has 1 heterocycles. The second kappa shape index (κ2) is 6.48. The van der Waals surface area contributed by atoms with Crippen molar-refractivity contribution < 1.29 is 32.6 Å². The minimum atomic E-state index is -5.31. The van der Waals surface area contributed by atoms with E-state index in [2.05, 4.69) is 10.1 Å². The molecule has 0 radical (unpaired) electrons. The van der Waals surface area contributed by atoms with Crippen molar-refractivity contribution in [3.05, 3.63) is 34.9 Å². The van der Waals surface area contributed by atoms with Crippen molar-refractivity contribution in [1.29, 1.82) is 0 Å². The number of aliphatic hydroxyl groups is 1. The SMILES string of the molecule is CCOC(=O)[C@@H]1[C@@H](c2cccc(Cl)c2)NC(=O)N[C@@]1(O)C(F)(F)F. The number of rotatable bonds is 3. The lowest BCUT2D eigenvalue weighted by atomic mass is 9.82. The molecule has 1 aromatic carbocycles. The van der Waals surface area contributed by atoms with Crippen LogP contribution in [0, 0.1) is 5.92 Å². The molecule has 1 aromatic rings. The molecule has 3 atom stereocenters. The van der Waals surface area contributed by atoms with Gasteiger partial charge >= 0.3 is 18.2 Å². The Hall–Kier alpha value is -2.00. The summed E-state index contributed by atoms with van der Waals surface area (Å²) in [5.41, 5.74) is -3.66. The summed E-state index contributed by atoms with van der Waals surface area (Å²) in [5.74, 6) is -3.47. The zero-order chi connectivity index (χ0) is 18.1. The van der Waals surface area contributed by atoms with Crippen molar-refractivity contribution in [3.63, 3.8) is 0 Å². The maximum absolute atomic E-state index is 13.4. The van der Waals surface area contributed by atoms with Crippen molar-refractivity contribution in [3.8, 4) is 0 Å². The average molecular weight is 367 g/mol. The van der Waals surface area contributed by atoms with Crippen molar-refractivity contribution >= 4 is 23.6 Å². The zero-order valence-corrected chi connectivity index (χ0v) is 13.1. The summed E-state index contributed by atoms with van der Waals surface area (Å²) in [7, 11) is 0. The van der Waals surface area contributed by atoms with Crippen LogP contribution >= 0.6 is 11.6 Å². The molecule has 1 saturated heterocycles. The fourth-order valence-corrected chi connectivity index (χ4v) is 2.71. The third-order valence-electron chi connectivity index (χ3n) is 3.55. The van der Waals surface area contributed by atoms with Gasteiger partial charge in [0.25, 0.3) is 5.72 Å². The van der Waals surface area contributed by atoms with Gasteiger partial charge in [0.1, 0.15) is 5.92 Å². The predicted octanol–water partition coefficient (Wildman–Crippen LogP) is 2.12. The van der Waals surface area contributed by atoms with Gasteiger partial charge in [0.15, 0.2) is 0 Å². The summed E-state index contributed by atoms with van der Waals surface area (Å²) in [5, 5.41) is 13.9. The van der Waals surface area contributed by atoms with Crippen LogP contribution in [0.25, 0.3) is 0 Å². The van der Waals surface area contributed by atoms with Gasteiger partial charge in [-0.3, -0.25) is 4.79 Å². The topological polar surface area (TPSA) is 87.7 Å². The Balaban J connectivity index is 2.57. The Bertz CT molecular complexity index is 655. The number of carbonyl (C=O) groups excluding carboxylic acids is 2. The first-order chi connectivity index (χ1) is 11.1. The molecule has 24 heavy (non-hydrogen) atoms. The molecule has 10 heteroatoms. The second-order valence-electron chi connectivity index (χ2n) is 5.12. The molecule has 1 fully saturated rings. The highest BCUT2D eigenvalue weighted by molar-refractivity contribution is 6.30. The lowest BCUT2D eigenvalue weighted by molar-refractivity contribution is -0.294. The molecule has 0 aromatic heterocycles. The fourth-order valence-electron chi connectivity index (χ4n) is 2.51. The van der Waals surface area contributed by atoms with E-state index in [1.165, 1.54) is 36.5 Å². The van der Waals surface area contributed by atoms with Crippen molar-refractivity contribution in [2.24, 2.45) is 5.92 Å². The van der Waals surface area contributed by atoms with Gasteiger partial charge in [-0.1, -0.05) is 23.7 Å². The van der Waals surface area contributed by atoms with Crippen LogP contribution in [0.4, 0.5) is 18.0 Å². The second-order valence-corrected chi connectivity index (χ2v) is 5.56. The molecule has 2 rings (SSSR count). The van der Waals surface area contributed by atoms with E-state index in [-0.39, 0.29) is 17.2 Å². The van der Waals surface area contributed by atoms with Gasteiger partial charge in [-0.05, 0) is 24.6 Å². The van der Waals surface area contributed by atoms with Crippen molar-refractivity contribution in [2.45, 2.75) is 24.9 Å². The van der Waals surface area contributed by atoms with Crippen LogP contribution in [0.2, 0.25) is 5.02 Å². The quantitative estimate of drug-likeness (QED) is 0.715. The molecular formula is C14H14ClF3N2O4. The number of amides is 2. The summed E-state index contributed by atoms with van der Waals surface area (Å²) in [6.45, 7) is 1.22. The van der Waals surface area contributed by atoms with Crippen LogP contribution in [0.15, 0.2) is 24.3 Å². The Labute approximate surface area is 139 Å². The lowest BCUT2D eigenvalue weighted by Crippen LogP contribution is -2.73. The lowest BCUT2D eigenvalue weighted by Gasteiger charge is -2.44. The summed E-state index contributed by atoms with van der Waals surface area (Å²) in [6, 6.07) is 2.83. The number of esters is 1. The molecule has 0 bridgehead atoms. The summed E-state index contributed by atoms with van der Waals surface area (Å²) in [6.07, 6.45) is -5.31. The van der Waals surface area contributed by atoms with Gasteiger partial charge in [0, 0.05) is 5.02 Å². The number of nitrogens with one attached hydrogen (secondary N) is 2. The Morgan fingerprint density at radius 2 is 2.12 bits per heavy atom. The maximum atomic E-state index is 13.4. The predicted molar refractivity (Wildman–Crippen MR) is 77.0 cm³/mol. The minimum absolute atomic E-state index is 0.123. The van der Waals surface area contributed by atoms with E-state index in [4.69, 9.17) is 11.6 Å². The highest BCUT2D eigenvalue weighted by atomic mass is 35.5. The summed E-state index contributed by atoms with van der Waals surface area (Å²) >= 11 is 5.82. The minimum Gasteiger partial charge on any atom is -0.466 e. The van der Waals surface area contributed by atoms with Crippen LogP contribution < -0.4 is 10.6 Å². The number of urea groups is 1. The number of carbonyl (C=O) groups is 2. The Morgan fingerprint density at radius 1 is 1.46 bits per heavy atom. The summed E-state index contributed by atoms with van der Waals surface area (Å²) < 4.78 is 44.8. The van der Waals surface area contributed by atoms with Crippen molar-refractivity contribution in [1.82, 2.24) is 10.6 Å².